The second kappa shape index (κ2) is 7.07. The third-order valence-corrected chi connectivity index (χ3v) is 4.44. The average molecular weight is 363 g/mol. The minimum absolute atomic E-state index is 0.142. The second-order valence-corrected chi connectivity index (χ2v) is 6.46. The van der Waals surface area contributed by atoms with E-state index in [0.717, 1.165) is 41.7 Å². The first-order valence-electron chi connectivity index (χ1n) is 7.51. The van der Waals surface area contributed by atoms with Crippen LogP contribution >= 0.6 is 15.9 Å². The zero-order valence-electron chi connectivity index (χ0n) is 12.2. The van der Waals surface area contributed by atoms with Crippen LogP contribution in [0.1, 0.15) is 40.5 Å². The summed E-state index contributed by atoms with van der Waals surface area (Å²) in [5, 5.41) is 13.4. The van der Waals surface area contributed by atoms with E-state index in [1.54, 1.807) is 0 Å². The number of nitrogens with one attached hydrogen (secondary N) is 3. The number of amides is 1. The van der Waals surface area contributed by atoms with Gasteiger partial charge in [-0.3, -0.25) is 9.89 Å². The third-order valence-electron chi connectivity index (χ3n) is 3.95. The molecule has 1 fully saturated rings. The van der Waals surface area contributed by atoms with E-state index in [0.29, 0.717) is 18.2 Å². The molecule has 6 heteroatoms. The van der Waals surface area contributed by atoms with Crippen molar-refractivity contribution in [3.63, 3.8) is 0 Å². The van der Waals surface area contributed by atoms with Crippen molar-refractivity contribution in [1.82, 2.24) is 20.8 Å². The molecule has 0 radical (unpaired) electrons. The van der Waals surface area contributed by atoms with Crippen LogP contribution in [0.5, 0.6) is 0 Å². The fourth-order valence-electron chi connectivity index (χ4n) is 2.71. The summed E-state index contributed by atoms with van der Waals surface area (Å²) in [6.45, 7) is 2.54. The Morgan fingerprint density at radius 2 is 2.14 bits per heavy atom. The second-order valence-electron chi connectivity index (χ2n) is 5.55. The monoisotopic (exact) mass is 362 g/mol. The van der Waals surface area contributed by atoms with Gasteiger partial charge in [-0.05, 0) is 49.7 Å². The molecule has 1 aliphatic rings. The predicted molar refractivity (Wildman–Crippen MR) is 88.7 cm³/mol. The highest BCUT2D eigenvalue weighted by molar-refractivity contribution is 9.10. The van der Waals surface area contributed by atoms with Crippen LogP contribution in [0.3, 0.4) is 0 Å². The van der Waals surface area contributed by atoms with Crippen LogP contribution < -0.4 is 10.6 Å². The van der Waals surface area contributed by atoms with Crippen molar-refractivity contribution >= 4 is 21.8 Å². The van der Waals surface area contributed by atoms with Crippen molar-refractivity contribution in [1.29, 1.82) is 0 Å². The molecule has 2 heterocycles. The van der Waals surface area contributed by atoms with Gasteiger partial charge in [0.1, 0.15) is 5.69 Å². The molecule has 1 aromatic heterocycles. The lowest BCUT2D eigenvalue weighted by Gasteiger charge is -2.20. The van der Waals surface area contributed by atoms with E-state index in [-0.39, 0.29) is 5.91 Å². The molecule has 0 bridgehead atoms. The lowest BCUT2D eigenvalue weighted by atomic mass is 9.94. The van der Waals surface area contributed by atoms with Gasteiger partial charge >= 0.3 is 0 Å². The number of H-pyrrole nitrogens is 1. The third kappa shape index (κ3) is 3.75. The van der Waals surface area contributed by atoms with Crippen molar-refractivity contribution in [2.75, 3.05) is 13.1 Å². The molecule has 0 aliphatic carbocycles. The van der Waals surface area contributed by atoms with E-state index in [1.807, 2.05) is 30.3 Å². The van der Waals surface area contributed by atoms with Gasteiger partial charge < -0.3 is 10.6 Å². The Morgan fingerprint density at radius 1 is 1.32 bits per heavy atom. The van der Waals surface area contributed by atoms with E-state index in [4.69, 9.17) is 0 Å². The molecule has 116 valence electrons. The summed E-state index contributed by atoms with van der Waals surface area (Å²) in [7, 11) is 0. The van der Waals surface area contributed by atoms with Gasteiger partial charge in [0.2, 0.25) is 0 Å². The van der Waals surface area contributed by atoms with Crippen LogP contribution in [0.4, 0.5) is 0 Å². The molecule has 0 spiro atoms. The number of halogens is 1. The fraction of sp³-hybridized carbons (Fsp3) is 0.375. The van der Waals surface area contributed by atoms with E-state index < -0.39 is 0 Å². The number of carbonyl (C=O) groups is 1. The van der Waals surface area contributed by atoms with Gasteiger partial charge in [0, 0.05) is 22.6 Å². The number of aromatic nitrogens is 2. The SMILES string of the molecule is O=C(NCc1cccc(Br)c1)c1cc(C2CCNCC2)[nH]n1. The molecular weight excluding hydrogens is 344 g/mol. The molecule has 1 aliphatic heterocycles. The summed E-state index contributed by atoms with van der Waals surface area (Å²) in [5.41, 5.74) is 2.58. The number of rotatable bonds is 4. The summed E-state index contributed by atoms with van der Waals surface area (Å²) in [5.74, 6) is 0.330. The van der Waals surface area contributed by atoms with Crippen molar-refractivity contribution in [2.24, 2.45) is 0 Å². The first kappa shape index (κ1) is 15.2. The fourth-order valence-corrected chi connectivity index (χ4v) is 3.16. The predicted octanol–water partition coefficient (Wildman–Crippen LogP) is 2.57. The standard InChI is InChI=1S/C16H19BrN4O/c17-13-3-1-2-11(8-13)10-19-16(22)15-9-14(20-21-15)12-4-6-18-7-5-12/h1-3,8-9,12,18H,4-7,10H2,(H,19,22)(H,20,21). The molecule has 3 N–H and O–H groups in total. The van der Waals surface area contributed by atoms with E-state index in [1.165, 1.54) is 0 Å². The number of hydrogen-bond acceptors (Lipinski definition) is 3. The van der Waals surface area contributed by atoms with E-state index in [9.17, 15) is 4.79 Å². The Bertz CT molecular complexity index is 649. The minimum Gasteiger partial charge on any atom is -0.347 e. The number of hydrogen-bond donors (Lipinski definition) is 3. The minimum atomic E-state index is -0.142. The molecular formula is C16H19BrN4O. The van der Waals surface area contributed by atoms with Gasteiger partial charge in [-0.25, -0.2) is 0 Å². The lowest BCUT2D eigenvalue weighted by Crippen LogP contribution is -2.26. The van der Waals surface area contributed by atoms with Gasteiger partial charge in [0.25, 0.3) is 5.91 Å². The van der Waals surface area contributed by atoms with Gasteiger partial charge in [-0.2, -0.15) is 5.10 Å². The van der Waals surface area contributed by atoms with Gasteiger partial charge in [0.05, 0.1) is 0 Å². The highest BCUT2D eigenvalue weighted by Crippen LogP contribution is 2.23. The highest BCUT2D eigenvalue weighted by atomic mass is 79.9. The molecule has 2 aromatic rings. The number of piperidine rings is 1. The first-order chi connectivity index (χ1) is 10.7. The maximum absolute atomic E-state index is 12.2. The van der Waals surface area contributed by atoms with Crippen LogP contribution in [-0.2, 0) is 6.54 Å². The van der Waals surface area contributed by atoms with Crippen molar-refractivity contribution in [3.05, 3.63) is 51.8 Å². The van der Waals surface area contributed by atoms with E-state index in [2.05, 4.69) is 36.8 Å². The Balaban J connectivity index is 1.59. The molecule has 0 atom stereocenters. The van der Waals surface area contributed by atoms with Gasteiger partial charge in [0.15, 0.2) is 0 Å². The number of carbonyl (C=O) groups excluding carboxylic acids is 1. The summed E-state index contributed by atoms with van der Waals surface area (Å²) >= 11 is 3.43. The summed E-state index contributed by atoms with van der Waals surface area (Å²) in [4.78, 5) is 12.2. The molecule has 1 amide bonds. The van der Waals surface area contributed by atoms with Crippen LogP contribution in [0.15, 0.2) is 34.8 Å². The highest BCUT2D eigenvalue weighted by Gasteiger charge is 2.19. The van der Waals surface area contributed by atoms with Crippen molar-refractivity contribution in [3.8, 4) is 0 Å². The Labute approximate surface area is 138 Å². The van der Waals surface area contributed by atoms with Crippen LogP contribution in [-0.4, -0.2) is 29.2 Å². The zero-order valence-corrected chi connectivity index (χ0v) is 13.8. The number of aromatic amines is 1. The molecule has 1 aromatic carbocycles. The molecule has 22 heavy (non-hydrogen) atoms. The maximum atomic E-state index is 12.2. The van der Waals surface area contributed by atoms with Crippen molar-refractivity contribution in [2.45, 2.75) is 25.3 Å². The Kier molecular flexibility index (Phi) is 4.90. The summed E-state index contributed by atoms with van der Waals surface area (Å²) in [6.07, 6.45) is 2.17. The van der Waals surface area contributed by atoms with Crippen LogP contribution in [0.2, 0.25) is 0 Å². The average Bonchev–Trinajstić information content (AvgIpc) is 3.04. The van der Waals surface area contributed by atoms with Crippen LogP contribution in [0, 0.1) is 0 Å². The zero-order chi connectivity index (χ0) is 15.4. The molecule has 3 rings (SSSR count). The van der Waals surface area contributed by atoms with E-state index >= 15 is 0 Å². The smallest absolute Gasteiger partial charge is 0.272 e. The number of nitrogens with zero attached hydrogens (tertiary/aromatic N) is 1. The van der Waals surface area contributed by atoms with Gasteiger partial charge in [-0.1, -0.05) is 28.1 Å². The maximum Gasteiger partial charge on any atom is 0.272 e. The lowest BCUT2D eigenvalue weighted by molar-refractivity contribution is 0.0946. The quantitative estimate of drug-likeness (QED) is 0.782. The summed E-state index contributed by atoms with van der Waals surface area (Å²) in [6, 6.07) is 9.77. The Hall–Kier alpha value is -1.66. The molecule has 1 saturated heterocycles. The molecule has 0 saturated carbocycles. The topological polar surface area (TPSA) is 69.8 Å². The van der Waals surface area contributed by atoms with Crippen molar-refractivity contribution < 1.29 is 4.79 Å². The van der Waals surface area contributed by atoms with Crippen LogP contribution in [0.25, 0.3) is 0 Å². The molecule has 0 unspecified atom stereocenters. The Morgan fingerprint density at radius 3 is 2.91 bits per heavy atom. The molecule has 5 nitrogen and oxygen atoms in total. The summed E-state index contributed by atoms with van der Waals surface area (Å²) < 4.78 is 1.01. The first-order valence-corrected chi connectivity index (χ1v) is 8.30. The normalized spacial score (nSPS) is 15.7. The largest absolute Gasteiger partial charge is 0.347 e. The number of benzene rings is 1. The van der Waals surface area contributed by atoms with Gasteiger partial charge in [-0.15, -0.1) is 0 Å².